The first-order valence-corrected chi connectivity index (χ1v) is 5.16. The summed E-state index contributed by atoms with van der Waals surface area (Å²) in [6, 6.07) is 6.37. The van der Waals surface area contributed by atoms with Gasteiger partial charge in [-0.3, -0.25) is 0 Å². The Morgan fingerprint density at radius 3 is 2.64 bits per heavy atom. The highest BCUT2D eigenvalue weighted by Crippen LogP contribution is 2.16. The van der Waals surface area contributed by atoms with Gasteiger partial charge in [0.2, 0.25) is 0 Å². The molecular weight excluding hydrogens is 192 g/mol. The van der Waals surface area contributed by atoms with Gasteiger partial charge < -0.3 is 10.6 Å². The van der Waals surface area contributed by atoms with E-state index in [-0.39, 0.29) is 0 Å². The predicted octanol–water partition coefficient (Wildman–Crippen LogP) is 2.47. The molecule has 0 radical (unpaired) electrons. The fourth-order valence-electron chi connectivity index (χ4n) is 1.27. The molecule has 1 aromatic carbocycles. The molecule has 0 aliphatic rings. The molecule has 0 saturated heterocycles. The zero-order chi connectivity index (χ0) is 10.6. The normalized spacial score (nSPS) is 9.64. The Morgan fingerprint density at radius 1 is 1.43 bits per heavy atom. The van der Waals surface area contributed by atoms with E-state index in [0.29, 0.717) is 5.11 Å². The van der Waals surface area contributed by atoms with E-state index in [4.69, 9.17) is 12.2 Å². The Labute approximate surface area is 90.7 Å². The molecule has 0 amide bonds. The summed E-state index contributed by atoms with van der Waals surface area (Å²) >= 11 is 5.04. The van der Waals surface area contributed by atoms with Crippen LogP contribution >= 0.6 is 12.2 Å². The number of aryl methyl sites for hydroxylation is 2. The quantitative estimate of drug-likeness (QED) is 0.730. The van der Waals surface area contributed by atoms with Crippen molar-refractivity contribution in [2.75, 3.05) is 12.4 Å². The third-order valence-corrected chi connectivity index (χ3v) is 2.48. The number of nitrogens with one attached hydrogen (secondary N) is 2. The van der Waals surface area contributed by atoms with E-state index in [1.165, 1.54) is 11.1 Å². The third-order valence-electron chi connectivity index (χ3n) is 2.17. The van der Waals surface area contributed by atoms with Crippen molar-refractivity contribution >= 4 is 23.0 Å². The van der Waals surface area contributed by atoms with Crippen molar-refractivity contribution in [1.29, 1.82) is 0 Å². The summed E-state index contributed by atoms with van der Waals surface area (Å²) in [7, 11) is 1.81. The Hall–Kier alpha value is -1.09. The number of thiocarbonyl (C=S) groups is 1. The first-order valence-electron chi connectivity index (χ1n) is 4.75. The summed E-state index contributed by atoms with van der Waals surface area (Å²) in [6.45, 7) is 4.24. The zero-order valence-corrected chi connectivity index (χ0v) is 9.66. The van der Waals surface area contributed by atoms with Crippen LogP contribution in [0.15, 0.2) is 18.2 Å². The summed E-state index contributed by atoms with van der Waals surface area (Å²) in [4.78, 5) is 0. The monoisotopic (exact) mass is 208 g/mol. The van der Waals surface area contributed by atoms with Gasteiger partial charge in [0.1, 0.15) is 0 Å². The lowest BCUT2D eigenvalue weighted by Gasteiger charge is -2.10. The minimum absolute atomic E-state index is 0.650. The molecule has 0 bridgehead atoms. The molecule has 0 aliphatic heterocycles. The van der Waals surface area contributed by atoms with E-state index in [1.807, 2.05) is 7.05 Å². The average Bonchev–Trinajstić information content (AvgIpc) is 2.20. The highest BCUT2D eigenvalue weighted by Gasteiger charge is 2.00. The van der Waals surface area contributed by atoms with Crippen molar-refractivity contribution in [3.8, 4) is 0 Å². The van der Waals surface area contributed by atoms with Crippen molar-refractivity contribution in [2.24, 2.45) is 0 Å². The fraction of sp³-hybridized carbons (Fsp3) is 0.364. The Morgan fingerprint density at radius 2 is 2.14 bits per heavy atom. The molecule has 1 aromatic rings. The minimum atomic E-state index is 0.650. The standard InChI is InChI=1S/C11H16N2S/c1-4-9-5-6-10(8(2)7-9)13-11(14)12-3/h5-7H,4H2,1-3H3,(H2,12,13,14). The van der Waals surface area contributed by atoms with Gasteiger partial charge >= 0.3 is 0 Å². The molecule has 14 heavy (non-hydrogen) atoms. The van der Waals surface area contributed by atoms with Gasteiger partial charge in [0, 0.05) is 12.7 Å². The number of rotatable bonds is 2. The molecule has 76 valence electrons. The van der Waals surface area contributed by atoms with Crippen molar-refractivity contribution in [1.82, 2.24) is 5.32 Å². The molecule has 0 unspecified atom stereocenters. The number of hydrogen-bond acceptors (Lipinski definition) is 1. The molecule has 0 saturated carbocycles. The number of anilines is 1. The molecule has 0 aromatic heterocycles. The van der Waals surface area contributed by atoms with Gasteiger partial charge in [-0.05, 0) is 42.8 Å². The maximum atomic E-state index is 5.04. The molecular formula is C11H16N2S. The summed E-state index contributed by atoms with van der Waals surface area (Å²) in [5.74, 6) is 0. The summed E-state index contributed by atoms with van der Waals surface area (Å²) < 4.78 is 0. The molecule has 2 N–H and O–H groups in total. The maximum Gasteiger partial charge on any atom is 0.170 e. The highest BCUT2D eigenvalue weighted by atomic mass is 32.1. The topological polar surface area (TPSA) is 24.1 Å². The Balaban J connectivity index is 2.83. The molecule has 0 fully saturated rings. The van der Waals surface area contributed by atoms with E-state index in [1.54, 1.807) is 0 Å². The number of benzene rings is 1. The minimum Gasteiger partial charge on any atom is -0.366 e. The molecule has 0 spiro atoms. The van der Waals surface area contributed by atoms with E-state index >= 15 is 0 Å². The van der Waals surface area contributed by atoms with Crippen LogP contribution in [0.3, 0.4) is 0 Å². The molecule has 0 aliphatic carbocycles. The Kier molecular flexibility index (Phi) is 3.89. The largest absolute Gasteiger partial charge is 0.366 e. The van der Waals surface area contributed by atoms with Gasteiger partial charge in [0.25, 0.3) is 0 Å². The van der Waals surface area contributed by atoms with Crippen LogP contribution in [-0.2, 0) is 6.42 Å². The van der Waals surface area contributed by atoms with Crippen LogP contribution in [-0.4, -0.2) is 12.2 Å². The Bertz CT molecular complexity index is 334. The van der Waals surface area contributed by atoms with Crippen molar-refractivity contribution in [3.63, 3.8) is 0 Å². The van der Waals surface area contributed by atoms with Gasteiger partial charge in [-0.2, -0.15) is 0 Å². The second-order valence-electron chi connectivity index (χ2n) is 3.21. The lowest BCUT2D eigenvalue weighted by atomic mass is 10.1. The van der Waals surface area contributed by atoms with E-state index in [9.17, 15) is 0 Å². The van der Waals surface area contributed by atoms with Gasteiger partial charge in [-0.1, -0.05) is 19.1 Å². The van der Waals surface area contributed by atoms with Crippen LogP contribution in [0.1, 0.15) is 18.1 Å². The van der Waals surface area contributed by atoms with E-state index < -0.39 is 0 Å². The second-order valence-corrected chi connectivity index (χ2v) is 3.62. The predicted molar refractivity (Wildman–Crippen MR) is 65.8 cm³/mol. The molecule has 2 nitrogen and oxygen atoms in total. The van der Waals surface area contributed by atoms with Crippen LogP contribution < -0.4 is 10.6 Å². The third kappa shape index (κ3) is 2.70. The van der Waals surface area contributed by atoms with Crippen LogP contribution in [0.25, 0.3) is 0 Å². The van der Waals surface area contributed by atoms with Gasteiger partial charge in [-0.25, -0.2) is 0 Å². The lowest BCUT2D eigenvalue weighted by Crippen LogP contribution is -2.24. The SMILES string of the molecule is CCc1ccc(NC(=S)NC)c(C)c1. The zero-order valence-electron chi connectivity index (χ0n) is 8.85. The van der Waals surface area contributed by atoms with Gasteiger partial charge in [-0.15, -0.1) is 0 Å². The van der Waals surface area contributed by atoms with Crippen LogP contribution in [0, 0.1) is 6.92 Å². The number of hydrogen-bond donors (Lipinski definition) is 2. The first-order chi connectivity index (χ1) is 6.67. The van der Waals surface area contributed by atoms with Crippen molar-refractivity contribution in [2.45, 2.75) is 20.3 Å². The lowest BCUT2D eigenvalue weighted by molar-refractivity contribution is 1.13. The average molecular weight is 208 g/mol. The van der Waals surface area contributed by atoms with Gasteiger partial charge in [0.15, 0.2) is 5.11 Å². The van der Waals surface area contributed by atoms with Crippen LogP contribution in [0.4, 0.5) is 5.69 Å². The fourth-order valence-corrected chi connectivity index (χ4v) is 1.38. The molecule has 0 atom stereocenters. The molecule has 3 heteroatoms. The van der Waals surface area contributed by atoms with E-state index in [2.05, 4.69) is 42.7 Å². The smallest absolute Gasteiger partial charge is 0.170 e. The van der Waals surface area contributed by atoms with Crippen LogP contribution in [0.2, 0.25) is 0 Å². The molecule has 0 heterocycles. The second kappa shape index (κ2) is 4.96. The maximum absolute atomic E-state index is 5.04. The summed E-state index contributed by atoms with van der Waals surface area (Å²) in [5, 5.41) is 6.67. The summed E-state index contributed by atoms with van der Waals surface area (Å²) in [6.07, 6.45) is 1.07. The molecule has 1 rings (SSSR count). The first kappa shape index (κ1) is 11.0. The van der Waals surface area contributed by atoms with Crippen LogP contribution in [0.5, 0.6) is 0 Å². The van der Waals surface area contributed by atoms with Crippen molar-refractivity contribution in [3.05, 3.63) is 29.3 Å². The summed E-state index contributed by atoms with van der Waals surface area (Å²) in [5.41, 5.74) is 3.65. The highest BCUT2D eigenvalue weighted by molar-refractivity contribution is 7.80. The van der Waals surface area contributed by atoms with Crippen molar-refractivity contribution < 1.29 is 0 Å². The van der Waals surface area contributed by atoms with Gasteiger partial charge in [0.05, 0.1) is 0 Å². The van der Waals surface area contributed by atoms with E-state index in [0.717, 1.165) is 12.1 Å².